The average molecular weight is 251 g/mol. The Labute approximate surface area is 106 Å². The second-order valence-electron chi connectivity index (χ2n) is 4.34. The molecule has 3 N–H and O–H groups in total. The number of hydrogen-bond acceptors (Lipinski definition) is 3. The maximum atomic E-state index is 13.3. The van der Waals surface area contributed by atoms with Gasteiger partial charge < -0.3 is 16.0 Å². The Morgan fingerprint density at radius 1 is 1.39 bits per heavy atom. The number of benzene rings is 1. The Balaban J connectivity index is 1.75. The molecule has 4 nitrogen and oxygen atoms in total. The normalized spacial score (nSPS) is 19.5. The second kappa shape index (κ2) is 6.47. The highest BCUT2D eigenvalue weighted by Crippen LogP contribution is 2.06. The largest absolute Gasteiger partial charge is 0.354 e. The first kappa shape index (κ1) is 13.0. The fourth-order valence-electron chi connectivity index (χ4n) is 1.98. The summed E-state index contributed by atoms with van der Waals surface area (Å²) in [5.74, 6) is -0.247. The standard InChI is InChI=1S/C13H18FN3O/c14-11-4-2-1-3-10(11)5-6-17-13(18)12-9-15-7-8-16-12/h1-4,12,15-16H,5-9H2,(H,17,18). The number of halogens is 1. The molecule has 98 valence electrons. The van der Waals surface area contributed by atoms with Crippen LogP contribution in [0.3, 0.4) is 0 Å². The van der Waals surface area contributed by atoms with Crippen LogP contribution in [0, 0.1) is 5.82 Å². The molecule has 1 aromatic rings. The van der Waals surface area contributed by atoms with Crippen LogP contribution >= 0.6 is 0 Å². The van der Waals surface area contributed by atoms with Gasteiger partial charge in [-0.15, -0.1) is 0 Å². The van der Waals surface area contributed by atoms with Crippen LogP contribution in [-0.2, 0) is 11.2 Å². The molecule has 0 spiro atoms. The Morgan fingerprint density at radius 3 is 2.94 bits per heavy atom. The van der Waals surface area contributed by atoms with Crippen molar-refractivity contribution in [2.75, 3.05) is 26.2 Å². The molecule has 18 heavy (non-hydrogen) atoms. The van der Waals surface area contributed by atoms with E-state index in [0.717, 1.165) is 13.1 Å². The zero-order valence-corrected chi connectivity index (χ0v) is 10.2. The molecule has 0 radical (unpaired) electrons. The molecule has 1 amide bonds. The molecule has 5 heteroatoms. The lowest BCUT2D eigenvalue weighted by Crippen LogP contribution is -2.55. The summed E-state index contributed by atoms with van der Waals surface area (Å²) in [6.45, 7) is 2.79. The summed E-state index contributed by atoms with van der Waals surface area (Å²) >= 11 is 0. The highest BCUT2D eigenvalue weighted by Gasteiger charge is 2.19. The summed E-state index contributed by atoms with van der Waals surface area (Å²) < 4.78 is 13.3. The predicted molar refractivity (Wildman–Crippen MR) is 67.8 cm³/mol. The molecular weight excluding hydrogens is 233 g/mol. The van der Waals surface area contributed by atoms with Crippen LogP contribution in [0.1, 0.15) is 5.56 Å². The summed E-state index contributed by atoms with van der Waals surface area (Å²) in [6, 6.07) is 6.45. The summed E-state index contributed by atoms with van der Waals surface area (Å²) in [5, 5.41) is 9.10. The lowest BCUT2D eigenvalue weighted by atomic mass is 10.1. The van der Waals surface area contributed by atoms with E-state index in [1.165, 1.54) is 6.07 Å². The molecule has 0 bridgehead atoms. The molecule has 1 atom stereocenters. The van der Waals surface area contributed by atoms with Crippen molar-refractivity contribution in [2.45, 2.75) is 12.5 Å². The molecule has 1 saturated heterocycles. The van der Waals surface area contributed by atoms with Gasteiger partial charge in [0.05, 0.1) is 6.04 Å². The third-order valence-corrected chi connectivity index (χ3v) is 3.01. The summed E-state index contributed by atoms with van der Waals surface area (Å²) in [7, 11) is 0. The molecular formula is C13H18FN3O. The van der Waals surface area contributed by atoms with Gasteiger partial charge in [0.15, 0.2) is 0 Å². The predicted octanol–water partition coefficient (Wildman–Crippen LogP) is 0.0458. The van der Waals surface area contributed by atoms with Crippen molar-refractivity contribution in [3.05, 3.63) is 35.6 Å². The fourth-order valence-corrected chi connectivity index (χ4v) is 1.98. The first-order valence-electron chi connectivity index (χ1n) is 6.22. The third kappa shape index (κ3) is 3.51. The molecule has 1 aromatic carbocycles. The number of rotatable bonds is 4. The van der Waals surface area contributed by atoms with Gasteiger partial charge in [-0.05, 0) is 18.1 Å². The molecule has 1 unspecified atom stereocenters. The van der Waals surface area contributed by atoms with Crippen molar-refractivity contribution in [1.29, 1.82) is 0 Å². The number of carbonyl (C=O) groups excluding carboxylic acids is 1. The van der Waals surface area contributed by atoms with Crippen LogP contribution < -0.4 is 16.0 Å². The van der Waals surface area contributed by atoms with Gasteiger partial charge in [0, 0.05) is 26.2 Å². The first-order chi connectivity index (χ1) is 8.77. The van der Waals surface area contributed by atoms with Gasteiger partial charge in [-0.3, -0.25) is 4.79 Å². The Hall–Kier alpha value is -1.46. The Kier molecular flexibility index (Phi) is 4.66. The smallest absolute Gasteiger partial charge is 0.238 e. The van der Waals surface area contributed by atoms with Crippen molar-refractivity contribution in [3.8, 4) is 0 Å². The average Bonchev–Trinajstić information content (AvgIpc) is 2.42. The summed E-state index contributed by atoms with van der Waals surface area (Å²) in [5.41, 5.74) is 0.632. The minimum atomic E-state index is -0.218. The molecule has 1 fully saturated rings. The number of hydrogen-bond donors (Lipinski definition) is 3. The molecule has 1 aliphatic heterocycles. The third-order valence-electron chi connectivity index (χ3n) is 3.01. The van der Waals surface area contributed by atoms with E-state index in [4.69, 9.17) is 0 Å². The molecule has 0 aliphatic carbocycles. The quantitative estimate of drug-likeness (QED) is 0.708. The zero-order chi connectivity index (χ0) is 12.8. The van der Waals surface area contributed by atoms with Crippen molar-refractivity contribution < 1.29 is 9.18 Å². The van der Waals surface area contributed by atoms with Gasteiger partial charge >= 0.3 is 0 Å². The lowest BCUT2D eigenvalue weighted by Gasteiger charge is -2.23. The number of carbonyl (C=O) groups is 1. The molecule has 0 aromatic heterocycles. The summed E-state index contributed by atoms with van der Waals surface area (Å²) in [4.78, 5) is 11.8. The van der Waals surface area contributed by atoms with Crippen LogP contribution in [0.25, 0.3) is 0 Å². The monoisotopic (exact) mass is 251 g/mol. The summed E-state index contributed by atoms with van der Waals surface area (Å²) in [6.07, 6.45) is 0.512. The molecule has 0 saturated carbocycles. The highest BCUT2D eigenvalue weighted by atomic mass is 19.1. The van der Waals surface area contributed by atoms with Crippen molar-refractivity contribution >= 4 is 5.91 Å². The zero-order valence-electron chi connectivity index (χ0n) is 10.2. The van der Waals surface area contributed by atoms with Gasteiger partial charge in [0.2, 0.25) is 5.91 Å². The second-order valence-corrected chi connectivity index (χ2v) is 4.34. The topological polar surface area (TPSA) is 53.2 Å². The minimum Gasteiger partial charge on any atom is -0.354 e. The van der Waals surface area contributed by atoms with E-state index < -0.39 is 0 Å². The van der Waals surface area contributed by atoms with E-state index in [2.05, 4.69) is 16.0 Å². The lowest BCUT2D eigenvalue weighted by molar-refractivity contribution is -0.123. The van der Waals surface area contributed by atoms with E-state index in [1.54, 1.807) is 18.2 Å². The maximum Gasteiger partial charge on any atom is 0.238 e. The Bertz CT molecular complexity index is 405. The van der Waals surface area contributed by atoms with Crippen LogP contribution in [0.15, 0.2) is 24.3 Å². The fraction of sp³-hybridized carbons (Fsp3) is 0.462. The number of amides is 1. The van der Waals surface area contributed by atoms with Crippen LogP contribution in [-0.4, -0.2) is 38.1 Å². The van der Waals surface area contributed by atoms with Gasteiger partial charge in [0.1, 0.15) is 5.82 Å². The van der Waals surface area contributed by atoms with E-state index in [-0.39, 0.29) is 17.8 Å². The van der Waals surface area contributed by atoms with Crippen LogP contribution in [0.5, 0.6) is 0 Å². The molecule has 2 rings (SSSR count). The number of nitrogens with one attached hydrogen (secondary N) is 3. The Morgan fingerprint density at radius 2 is 2.22 bits per heavy atom. The highest BCUT2D eigenvalue weighted by molar-refractivity contribution is 5.82. The van der Waals surface area contributed by atoms with Gasteiger partial charge in [-0.2, -0.15) is 0 Å². The van der Waals surface area contributed by atoms with E-state index in [9.17, 15) is 9.18 Å². The minimum absolute atomic E-state index is 0.0291. The maximum absolute atomic E-state index is 13.3. The van der Waals surface area contributed by atoms with Gasteiger partial charge in [-0.1, -0.05) is 18.2 Å². The van der Waals surface area contributed by atoms with Crippen LogP contribution in [0.2, 0.25) is 0 Å². The van der Waals surface area contributed by atoms with Gasteiger partial charge in [-0.25, -0.2) is 4.39 Å². The van der Waals surface area contributed by atoms with Gasteiger partial charge in [0.25, 0.3) is 0 Å². The van der Waals surface area contributed by atoms with E-state index in [1.807, 2.05) is 0 Å². The number of piperazine rings is 1. The van der Waals surface area contributed by atoms with Crippen molar-refractivity contribution in [2.24, 2.45) is 0 Å². The molecule has 1 heterocycles. The van der Waals surface area contributed by atoms with E-state index >= 15 is 0 Å². The van der Waals surface area contributed by atoms with E-state index in [0.29, 0.717) is 25.1 Å². The molecule has 1 aliphatic rings. The SMILES string of the molecule is O=C(NCCc1ccccc1F)C1CNCCN1. The van der Waals surface area contributed by atoms with Crippen molar-refractivity contribution in [1.82, 2.24) is 16.0 Å². The first-order valence-corrected chi connectivity index (χ1v) is 6.22. The van der Waals surface area contributed by atoms with Crippen molar-refractivity contribution in [3.63, 3.8) is 0 Å². The van der Waals surface area contributed by atoms with Crippen LogP contribution in [0.4, 0.5) is 4.39 Å².